The summed E-state index contributed by atoms with van der Waals surface area (Å²) < 4.78 is 2.71. The number of anilines is 6. The lowest BCUT2D eigenvalue weighted by Crippen LogP contribution is -2.22. The maximum absolute atomic E-state index is 2.57. The van der Waals surface area contributed by atoms with Crippen molar-refractivity contribution in [3.8, 4) is 0 Å². The summed E-state index contributed by atoms with van der Waals surface area (Å²) in [4.78, 5) is 4.95. The second-order valence-electron chi connectivity index (χ2n) is 16.8. The van der Waals surface area contributed by atoms with E-state index in [0.29, 0.717) is 5.92 Å². The van der Waals surface area contributed by atoms with E-state index in [-0.39, 0.29) is 5.41 Å². The number of nitrogens with zero attached hydrogens (tertiary/aromatic N) is 2. The Balaban J connectivity index is 1.03. The maximum atomic E-state index is 2.57. The van der Waals surface area contributed by atoms with Crippen LogP contribution in [0.4, 0.5) is 34.1 Å². The number of hydrogen-bond acceptors (Lipinski definition) is 3. The average Bonchev–Trinajstić information content (AvgIpc) is 3.96. The van der Waals surface area contributed by atoms with Crippen molar-refractivity contribution in [2.75, 3.05) is 9.80 Å². The van der Waals surface area contributed by atoms with Crippen molar-refractivity contribution in [3.63, 3.8) is 0 Å². The minimum absolute atomic E-state index is 0.000794. The molecular weight excluding hydrogens is 709 g/mol. The van der Waals surface area contributed by atoms with Crippen molar-refractivity contribution in [2.45, 2.75) is 76.0 Å². The van der Waals surface area contributed by atoms with Gasteiger partial charge in [0.15, 0.2) is 0 Å². The van der Waals surface area contributed by atoms with Gasteiger partial charge < -0.3 is 9.80 Å². The van der Waals surface area contributed by atoms with E-state index in [1.165, 1.54) is 120 Å². The summed E-state index contributed by atoms with van der Waals surface area (Å²) in [5.74, 6) is 0.686. The summed E-state index contributed by atoms with van der Waals surface area (Å²) in [5, 5.41) is 2.75. The second-order valence-corrected chi connectivity index (χ2v) is 17.8. The monoisotopic (exact) mass is 756 g/mol. The molecule has 0 unspecified atom stereocenters. The molecule has 3 aliphatic carbocycles. The summed E-state index contributed by atoms with van der Waals surface area (Å²) >= 11 is 1.92. The third-order valence-corrected chi connectivity index (χ3v) is 14.7. The minimum atomic E-state index is -0.000794. The van der Waals surface area contributed by atoms with Crippen LogP contribution in [0.25, 0.3) is 20.2 Å². The molecule has 0 radical (unpaired) electrons. The second kappa shape index (κ2) is 14.1. The van der Waals surface area contributed by atoms with E-state index < -0.39 is 0 Å². The van der Waals surface area contributed by atoms with Crippen LogP contribution in [-0.2, 0) is 18.3 Å². The Hall–Kier alpha value is -5.64. The van der Waals surface area contributed by atoms with Crippen LogP contribution in [0.5, 0.6) is 0 Å². The van der Waals surface area contributed by atoms with Gasteiger partial charge in [0, 0.05) is 59.7 Å². The standard InChI is InChI=1S/C54H48N2S/c1-37-12-11-19-51-53(37)48-29-28-47(36-52(48)57-51)56(44-24-20-39(21-25-44)38-13-5-2-6-14-38)46-27-23-41-31-33-54(50(41)35-46)32-30-40-22-26-45(34-49(40)54)55(42-15-7-3-8-16-42)43-17-9-4-10-18-43/h3-4,7-12,15-29,34-36,38H,2,5-6,13-14,30-33H2,1H3/t54-/m1/s1. The van der Waals surface area contributed by atoms with Crippen molar-refractivity contribution in [3.05, 3.63) is 191 Å². The van der Waals surface area contributed by atoms with Crippen LogP contribution in [0.15, 0.2) is 158 Å². The lowest BCUT2D eigenvalue weighted by atomic mass is 9.76. The van der Waals surface area contributed by atoms with E-state index in [9.17, 15) is 0 Å². The first kappa shape index (κ1) is 34.6. The van der Waals surface area contributed by atoms with Crippen molar-refractivity contribution in [2.24, 2.45) is 0 Å². The number of para-hydroxylation sites is 2. The van der Waals surface area contributed by atoms with Gasteiger partial charge in [-0.1, -0.05) is 98.1 Å². The molecule has 1 fully saturated rings. The molecule has 0 N–H and O–H groups in total. The van der Waals surface area contributed by atoms with Gasteiger partial charge in [-0.3, -0.25) is 0 Å². The normalized spacial score (nSPS) is 17.6. The quantitative estimate of drug-likeness (QED) is 0.160. The summed E-state index contributed by atoms with van der Waals surface area (Å²) in [6, 6.07) is 59.9. The molecule has 1 heterocycles. The molecule has 1 saturated carbocycles. The van der Waals surface area contributed by atoms with E-state index >= 15 is 0 Å². The van der Waals surface area contributed by atoms with Crippen LogP contribution in [-0.4, -0.2) is 0 Å². The molecule has 3 heteroatoms. The molecule has 1 spiro atoms. The van der Waals surface area contributed by atoms with Crippen LogP contribution in [0.3, 0.4) is 0 Å². The Morgan fingerprint density at radius 3 is 1.67 bits per heavy atom. The SMILES string of the molecule is Cc1cccc2sc3cc(N(c4ccc(C5CCCCC5)cc4)c4ccc5c(c4)[C@]4(CCc6ccc(N(c7ccccc7)c7ccccc7)cc64)CC5)ccc3c12. The first-order chi connectivity index (χ1) is 28.1. The number of hydrogen-bond donors (Lipinski definition) is 0. The molecule has 3 aliphatic rings. The molecule has 0 amide bonds. The molecule has 280 valence electrons. The molecule has 11 rings (SSSR count). The maximum Gasteiger partial charge on any atom is 0.0476 e. The fourth-order valence-corrected chi connectivity index (χ4v) is 12.0. The molecule has 0 saturated heterocycles. The number of aryl methyl sites for hydroxylation is 3. The summed E-state index contributed by atoms with van der Waals surface area (Å²) in [6.07, 6.45) is 11.3. The average molecular weight is 757 g/mol. The molecule has 1 aromatic heterocycles. The van der Waals surface area contributed by atoms with E-state index in [4.69, 9.17) is 0 Å². The van der Waals surface area contributed by atoms with Gasteiger partial charge in [-0.05, 0) is 164 Å². The Morgan fingerprint density at radius 2 is 1.04 bits per heavy atom. The van der Waals surface area contributed by atoms with Gasteiger partial charge in [-0.15, -0.1) is 11.3 Å². The predicted molar refractivity (Wildman–Crippen MR) is 243 cm³/mol. The Morgan fingerprint density at radius 1 is 0.491 bits per heavy atom. The Bertz CT molecular complexity index is 2700. The summed E-state index contributed by atoms with van der Waals surface area (Å²) in [6.45, 7) is 2.24. The summed E-state index contributed by atoms with van der Waals surface area (Å²) in [7, 11) is 0. The van der Waals surface area contributed by atoms with E-state index in [1.54, 1.807) is 0 Å². The zero-order valence-electron chi connectivity index (χ0n) is 32.8. The van der Waals surface area contributed by atoms with Gasteiger partial charge in [0.1, 0.15) is 0 Å². The van der Waals surface area contributed by atoms with Crippen molar-refractivity contribution in [1.29, 1.82) is 0 Å². The molecule has 0 aliphatic heterocycles. The lowest BCUT2D eigenvalue weighted by Gasteiger charge is -2.32. The number of thiophene rings is 1. The van der Waals surface area contributed by atoms with Crippen LogP contribution >= 0.6 is 11.3 Å². The number of benzene rings is 7. The molecule has 0 bridgehead atoms. The van der Waals surface area contributed by atoms with Gasteiger partial charge in [-0.2, -0.15) is 0 Å². The Labute approximate surface area is 341 Å². The molecule has 7 aromatic carbocycles. The minimum Gasteiger partial charge on any atom is -0.310 e. The highest BCUT2D eigenvalue weighted by Crippen LogP contribution is 2.55. The zero-order valence-corrected chi connectivity index (χ0v) is 33.6. The zero-order chi connectivity index (χ0) is 37.9. The van der Waals surface area contributed by atoms with Gasteiger partial charge in [0.05, 0.1) is 0 Å². The van der Waals surface area contributed by atoms with E-state index in [0.717, 1.165) is 25.7 Å². The topological polar surface area (TPSA) is 6.48 Å². The van der Waals surface area contributed by atoms with Crippen LogP contribution in [0.1, 0.15) is 84.2 Å². The van der Waals surface area contributed by atoms with Gasteiger partial charge in [-0.25, -0.2) is 0 Å². The third-order valence-electron chi connectivity index (χ3n) is 13.6. The van der Waals surface area contributed by atoms with E-state index in [2.05, 4.69) is 174 Å². The van der Waals surface area contributed by atoms with Crippen molar-refractivity contribution < 1.29 is 0 Å². The highest BCUT2D eigenvalue weighted by molar-refractivity contribution is 7.25. The highest BCUT2D eigenvalue weighted by atomic mass is 32.1. The Kier molecular flexibility index (Phi) is 8.54. The third kappa shape index (κ3) is 5.89. The fourth-order valence-electron chi connectivity index (χ4n) is 10.7. The smallest absolute Gasteiger partial charge is 0.0476 e. The fraction of sp³-hybridized carbons (Fsp3) is 0.222. The van der Waals surface area contributed by atoms with Crippen LogP contribution in [0, 0.1) is 6.92 Å². The van der Waals surface area contributed by atoms with Gasteiger partial charge in [0.25, 0.3) is 0 Å². The van der Waals surface area contributed by atoms with Crippen LogP contribution < -0.4 is 9.80 Å². The first-order valence-electron chi connectivity index (χ1n) is 21.1. The molecule has 8 aromatic rings. The lowest BCUT2D eigenvalue weighted by molar-refractivity contribution is 0.443. The number of fused-ring (bicyclic) bond motifs is 7. The predicted octanol–water partition coefficient (Wildman–Crippen LogP) is 15.5. The molecular formula is C54H48N2S. The largest absolute Gasteiger partial charge is 0.310 e. The van der Waals surface area contributed by atoms with Crippen molar-refractivity contribution in [1.82, 2.24) is 0 Å². The first-order valence-corrected chi connectivity index (χ1v) is 21.9. The van der Waals surface area contributed by atoms with E-state index in [1.807, 2.05) is 11.3 Å². The highest BCUT2D eigenvalue weighted by Gasteiger charge is 2.45. The van der Waals surface area contributed by atoms with Crippen molar-refractivity contribution >= 4 is 65.6 Å². The number of rotatable bonds is 7. The molecule has 57 heavy (non-hydrogen) atoms. The molecule has 1 atom stereocenters. The summed E-state index contributed by atoms with van der Waals surface area (Å²) in [5.41, 5.74) is 16.2. The van der Waals surface area contributed by atoms with Crippen LogP contribution in [0.2, 0.25) is 0 Å². The molecule has 2 nitrogen and oxygen atoms in total. The van der Waals surface area contributed by atoms with Gasteiger partial charge >= 0.3 is 0 Å². The van der Waals surface area contributed by atoms with Gasteiger partial charge in [0.2, 0.25) is 0 Å².